The molecule has 20 heavy (non-hydrogen) atoms. The fourth-order valence-corrected chi connectivity index (χ4v) is 2.56. The summed E-state index contributed by atoms with van der Waals surface area (Å²) in [5, 5.41) is 0.655. The highest BCUT2D eigenvalue weighted by Crippen LogP contribution is 2.18. The number of rotatable bonds is 5. The first-order valence-corrected chi connectivity index (χ1v) is 7.22. The predicted molar refractivity (Wildman–Crippen MR) is 78.1 cm³/mol. The fraction of sp³-hybridized carbons (Fsp3) is 0.533. The molecule has 1 aliphatic heterocycles. The van der Waals surface area contributed by atoms with Crippen LogP contribution in [0.3, 0.4) is 0 Å². The average molecular weight is 298 g/mol. The van der Waals surface area contributed by atoms with Gasteiger partial charge in [0.2, 0.25) is 0 Å². The van der Waals surface area contributed by atoms with Crippen molar-refractivity contribution < 1.29 is 14.3 Å². The maximum Gasteiger partial charge on any atom is 0.260 e. The molecular formula is C15H20ClNO3. The third-order valence-electron chi connectivity index (χ3n) is 3.45. The molecule has 2 rings (SSSR count). The number of carbonyl (C=O) groups excluding carboxylic acids is 1. The van der Waals surface area contributed by atoms with E-state index in [0.717, 1.165) is 25.9 Å². The zero-order chi connectivity index (χ0) is 14.4. The first-order chi connectivity index (χ1) is 9.69. The van der Waals surface area contributed by atoms with E-state index in [1.54, 1.807) is 31.4 Å². The van der Waals surface area contributed by atoms with Gasteiger partial charge in [0.25, 0.3) is 5.91 Å². The molecule has 1 unspecified atom stereocenters. The number of hydrogen-bond donors (Lipinski definition) is 0. The zero-order valence-corrected chi connectivity index (χ0v) is 12.4. The van der Waals surface area contributed by atoms with Crippen LogP contribution in [0.1, 0.15) is 12.8 Å². The summed E-state index contributed by atoms with van der Waals surface area (Å²) in [6.45, 7) is 2.35. The lowest BCUT2D eigenvalue weighted by Gasteiger charge is -2.32. The second-order valence-corrected chi connectivity index (χ2v) is 5.48. The van der Waals surface area contributed by atoms with Crippen LogP contribution in [0.15, 0.2) is 24.3 Å². The van der Waals surface area contributed by atoms with Gasteiger partial charge in [-0.05, 0) is 43.0 Å². The summed E-state index contributed by atoms with van der Waals surface area (Å²) < 4.78 is 10.7. The Bertz CT molecular complexity index is 433. The van der Waals surface area contributed by atoms with Crippen LogP contribution in [0.25, 0.3) is 0 Å². The van der Waals surface area contributed by atoms with E-state index in [0.29, 0.717) is 23.3 Å². The van der Waals surface area contributed by atoms with E-state index in [1.165, 1.54) is 0 Å². The number of benzene rings is 1. The van der Waals surface area contributed by atoms with E-state index in [9.17, 15) is 4.79 Å². The Hall–Kier alpha value is -1.26. The maximum absolute atomic E-state index is 12.1. The van der Waals surface area contributed by atoms with Crippen molar-refractivity contribution in [3.05, 3.63) is 29.3 Å². The Morgan fingerprint density at radius 2 is 2.15 bits per heavy atom. The minimum Gasteiger partial charge on any atom is -0.484 e. The van der Waals surface area contributed by atoms with Gasteiger partial charge in [-0.3, -0.25) is 4.79 Å². The van der Waals surface area contributed by atoms with Crippen molar-refractivity contribution in [1.82, 2.24) is 4.90 Å². The second kappa shape index (κ2) is 7.50. The van der Waals surface area contributed by atoms with Gasteiger partial charge in [-0.25, -0.2) is 0 Å². The van der Waals surface area contributed by atoms with Crippen LogP contribution < -0.4 is 4.74 Å². The molecule has 0 aliphatic carbocycles. The van der Waals surface area contributed by atoms with Gasteiger partial charge < -0.3 is 14.4 Å². The molecule has 0 saturated carbocycles. The Balaban J connectivity index is 1.80. The van der Waals surface area contributed by atoms with E-state index in [-0.39, 0.29) is 12.5 Å². The summed E-state index contributed by atoms with van der Waals surface area (Å²) >= 11 is 5.80. The summed E-state index contributed by atoms with van der Waals surface area (Å²) in [6.07, 6.45) is 2.15. The van der Waals surface area contributed by atoms with Gasteiger partial charge in [0.15, 0.2) is 6.61 Å². The second-order valence-electron chi connectivity index (χ2n) is 5.05. The molecule has 110 valence electrons. The van der Waals surface area contributed by atoms with Crippen molar-refractivity contribution in [2.45, 2.75) is 12.8 Å². The molecule has 1 aromatic rings. The third-order valence-corrected chi connectivity index (χ3v) is 3.70. The number of likely N-dealkylation sites (tertiary alicyclic amines) is 1. The molecule has 0 aromatic heterocycles. The summed E-state index contributed by atoms with van der Waals surface area (Å²) in [5.41, 5.74) is 0. The third kappa shape index (κ3) is 4.39. The zero-order valence-electron chi connectivity index (χ0n) is 11.7. The first kappa shape index (κ1) is 15.1. The standard InChI is InChI=1S/C15H20ClNO3/c1-19-10-12-3-2-8-17(9-12)15(18)11-20-14-6-4-13(16)5-7-14/h4-7,12H,2-3,8-11H2,1H3. The quantitative estimate of drug-likeness (QED) is 0.838. The number of hydrogen-bond acceptors (Lipinski definition) is 3. The molecule has 0 bridgehead atoms. The van der Waals surface area contributed by atoms with Crippen LogP contribution >= 0.6 is 11.6 Å². The first-order valence-electron chi connectivity index (χ1n) is 6.84. The molecular weight excluding hydrogens is 278 g/mol. The molecule has 4 nitrogen and oxygen atoms in total. The van der Waals surface area contributed by atoms with E-state index in [4.69, 9.17) is 21.1 Å². The predicted octanol–water partition coefficient (Wildman–Crippen LogP) is 2.60. The Labute approximate surface area is 124 Å². The highest BCUT2D eigenvalue weighted by atomic mass is 35.5. The molecule has 0 radical (unpaired) electrons. The van der Waals surface area contributed by atoms with Crippen molar-refractivity contribution in [1.29, 1.82) is 0 Å². The van der Waals surface area contributed by atoms with Crippen LogP contribution in [0.4, 0.5) is 0 Å². The topological polar surface area (TPSA) is 38.8 Å². The summed E-state index contributed by atoms with van der Waals surface area (Å²) in [7, 11) is 1.70. The highest BCUT2D eigenvalue weighted by Gasteiger charge is 2.23. The van der Waals surface area contributed by atoms with Gasteiger partial charge in [-0.15, -0.1) is 0 Å². The molecule has 0 spiro atoms. The van der Waals surface area contributed by atoms with Crippen LogP contribution in [-0.4, -0.2) is 44.2 Å². The molecule has 1 heterocycles. The highest BCUT2D eigenvalue weighted by molar-refractivity contribution is 6.30. The average Bonchev–Trinajstić information content (AvgIpc) is 2.47. The summed E-state index contributed by atoms with van der Waals surface area (Å²) in [5.74, 6) is 1.13. The largest absolute Gasteiger partial charge is 0.484 e. The van der Waals surface area contributed by atoms with E-state index in [2.05, 4.69) is 0 Å². The summed E-state index contributed by atoms with van der Waals surface area (Å²) in [6, 6.07) is 7.02. The van der Waals surface area contributed by atoms with Gasteiger partial charge in [-0.2, -0.15) is 0 Å². The molecule has 1 amide bonds. The van der Waals surface area contributed by atoms with Crippen LogP contribution in [-0.2, 0) is 9.53 Å². The van der Waals surface area contributed by atoms with E-state index < -0.39 is 0 Å². The van der Waals surface area contributed by atoms with Crippen LogP contribution in [0.5, 0.6) is 5.75 Å². The number of halogens is 1. The number of carbonyl (C=O) groups is 1. The molecule has 1 atom stereocenters. The smallest absolute Gasteiger partial charge is 0.260 e. The Morgan fingerprint density at radius 3 is 2.85 bits per heavy atom. The molecule has 0 N–H and O–H groups in total. The van der Waals surface area contributed by atoms with Crippen molar-refractivity contribution >= 4 is 17.5 Å². The molecule has 1 saturated heterocycles. The van der Waals surface area contributed by atoms with Crippen LogP contribution in [0, 0.1) is 5.92 Å². The number of ether oxygens (including phenoxy) is 2. The van der Waals surface area contributed by atoms with Crippen molar-refractivity contribution in [3.63, 3.8) is 0 Å². The van der Waals surface area contributed by atoms with E-state index in [1.807, 2.05) is 4.90 Å². The number of nitrogens with zero attached hydrogens (tertiary/aromatic N) is 1. The lowest BCUT2D eigenvalue weighted by atomic mass is 9.99. The minimum absolute atomic E-state index is 0.0285. The Morgan fingerprint density at radius 1 is 1.40 bits per heavy atom. The van der Waals surface area contributed by atoms with Gasteiger partial charge in [-0.1, -0.05) is 11.6 Å². The number of methoxy groups -OCH3 is 1. The van der Waals surface area contributed by atoms with Crippen molar-refractivity contribution in [2.75, 3.05) is 33.4 Å². The van der Waals surface area contributed by atoms with Gasteiger partial charge in [0.1, 0.15) is 5.75 Å². The Kier molecular flexibility index (Phi) is 5.68. The monoisotopic (exact) mass is 297 g/mol. The number of piperidine rings is 1. The SMILES string of the molecule is COCC1CCCN(C(=O)COc2ccc(Cl)cc2)C1. The molecule has 1 fully saturated rings. The number of amides is 1. The van der Waals surface area contributed by atoms with Gasteiger partial charge in [0, 0.05) is 25.2 Å². The molecule has 1 aliphatic rings. The minimum atomic E-state index is 0.0285. The maximum atomic E-state index is 12.1. The van der Waals surface area contributed by atoms with E-state index >= 15 is 0 Å². The summed E-state index contributed by atoms with van der Waals surface area (Å²) in [4.78, 5) is 14.0. The lowest BCUT2D eigenvalue weighted by molar-refractivity contribution is -0.135. The van der Waals surface area contributed by atoms with Crippen molar-refractivity contribution in [2.24, 2.45) is 5.92 Å². The van der Waals surface area contributed by atoms with Gasteiger partial charge in [0.05, 0.1) is 6.61 Å². The van der Waals surface area contributed by atoms with Gasteiger partial charge >= 0.3 is 0 Å². The fourth-order valence-electron chi connectivity index (χ4n) is 2.43. The van der Waals surface area contributed by atoms with Crippen molar-refractivity contribution in [3.8, 4) is 5.75 Å². The lowest BCUT2D eigenvalue weighted by Crippen LogP contribution is -2.43. The normalized spacial score (nSPS) is 18.9. The molecule has 5 heteroatoms. The molecule has 1 aromatic carbocycles. The van der Waals surface area contributed by atoms with Crippen LogP contribution in [0.2, 0.25) is 5.02 Å².